The molecule has 0 bridgehead atoms. The quantitative estimate of drug-likeness (QED) is 0.160. The standard InChI is InChI=1S/C38H46O5S/c1-26-13-16-32(17-14-26)44(40,41)43-21-9-5-8-12-29-23-30-24-31(42-25-28-10-6-4-7-11-28)15-18-33(30)34-19-20-38(3)35(39)22-27(2)37(38)36(29)34/h4,6-7,10-11,13-18,24,27,29,34,36-37H,5,8-9,12,19-23,25H2,1-3H3/t27-,29-,34-,36-,37+,38-/m1/s1. The van der Waals surface area contributed by atoms with Crippen LogP contribution in [0.15, 0.2) is 77.7 Å². The number of hydrogen-bond donors (Lipinski definition) is 0. The summed E-state index contributed by atoms with van der Waals surface area (Å²) in [5, 5.41) is 0. The number of rotatable bonds is 11. The first-order valence-electron chi connectivity index (χ1n) is 16.4. The second-order valence-electron chi connectivity index (χ2n) is 13.8. The average molecular weight is 615 g/mol. The molecule has 0 spiro atoms. The van der Waals surface area contributed by atoms with Gasteiger partial charge < -0.3 is 4.74 Å². The predicted octanol–water partition coefficient (Wildman–Crippen LogP) is 8.44. The van der Waals surface area contributed by atoms with E-state index in [0.29, 0.717) is 54.8 Å². The molecule has 44 heavy (non-hydrogen) atoms. The zero-order valence-corrected chi connectivity index (χ0v) is 27.2. The maximum atomic E-state index is 13.3. The van der Waals surface area contributed by atoms with Gasteiger partial charge in [-0.1, -0.05) is 80.8 Å². The molecule has 0 heterocycles. The molecule has 0 aliphatic heterocycles. The third-order valence-corrected chi connectivity index (χ3v) is 12.2. The van der Waals surface area contributed by atoms with Crippen LogP contribution in [0.2, 0.25) is 0 Å². The predicted molar refractivity (Wildman–Crippen MR) is 173 cm³/mol. The van der Waals surface area contributed by atoms with E-state index in [1.165, 1.54) is 11.1 Å². The minimum absolute atomic E-state index is 0.199. The molecule has 234 valence electrons. The first kappa shape index (κ1) is 31.0. The van der Waals surface area contributed by atoms with Crippen molar-refractivity contribution in [3.8, 4) is 5.75 Å². The molecule has 2 fully saturated rings. The highest BCUT2D eigenvalue weighted by Crippen LogP contribution is 2.63. The molecule has 0 aromatic heterocycles. The number of ketones is 1. The Bertz CT molecular complexity index is 1560. The molecule has 2 saturated carbocycles. The van der Waals surface area contributed by atoms with Crippen LogP contribution in [0.5, 0.6) is 5.75 Å². The van der Waals surface area contributed by atoms with Gasteiger partial charge in [-0.15, -0.1) is 0 Å². The number of benzene rings is 3. The molecule has 6 heteroatoms. The summed E-state index contributed by atoms with van der Waals surface area (Å²) in [5.74, 6) is 3.68. The Morgan fingerprint density at radius 3 is 2.48 bits per heavy atom. The van der Waals surface area contributed by atoms with E-state index in [-0.39, 0.29) is 16.9 Å². The van der Waals surface area contributed by atoms with Gasteiger partial charge >= 0.3 is 0 Å². The summed E-state index contributed by atoms with van der Waals surface area (Å²) in [6.45, 7) is 7.23. The van der Waals surface area contributed by atoms with Gasteiger partial charge in [-0.25, -0.2) is 0 Å². The lowest BCUT2D eigenvalue weighted by atomic mass is 9.51. The molecule has 0 saturated heterocycles. The summed E-state index contributed by atoms with van der Waals surface area (Å²) in [4.78, 5) is 13.5. The number of carbonyl (C=O) groups is 1. The Hall–Kier alpha value is -2.96. The highest BCUT2D eigenvalue weighted by atomic mass is 32.2. The summed E-state index contributed by atoms with van der Waals surface area (Å²) in [7, 11) is -3.73. The van der Waals surface area contributed by atoms with Crippen LogP contribution >= 0.6 is 0 Å². The maximum absolute atomic E-state index is 13.3. The van der Waals surface area contributed by atoms with Crippen LogP contribution < -0.4 is 4.74 Å². The van der Waals surface area contributed by atoms with Crippen molar-refractivity contribution in [2.75, 3.05) is 6.61 Å². The molecule has 0 unspecified atom stereocenters. The van der Waals surface area contributed by atoms with E-state index in [1.54, 1.807) is 24.3 Å². The van der Waals surface area contributed by atoms with Crippen molar-refractivity contribution >= 4 is 15.9 Å². The molecule has 0 amide bonds. The van der Waals surface area contributed by atoms with Gasteiger partial charge in [-0.3, -0.25) is 8.98 Å². The smallest absolute Gasteiger partial charge is 0.296 e. The molecule has 5 nitrogen and oxygen atoms in total. The van der Waals surface area contributed by atoms with Crippen molar-refractivity contribution in [2.45, 2.75) is 89.6 Å². The third kappa shape index (κ3) is 6.25. The summed E-state index contributed by atoms with van der Waals surface area (Å²) >= 11 is 0. The van der Waals surface area contributed by atoms with Gasteiger partial charge in [0.2, 0.25) is 0 Å². The molecule has 3 aliphatic rings. The van der Waals surface area contributed by atoms with Crippen molar-refractivity contribution in [1.29, 1.82) is 0 Å². The lowest BCUT2D eigenvalue weighted by Gasteiger charge is -2.53. The fraction of sp³-hybridized carbons (Fsp3) is 0.500. The maximum Gasteiger partial charge on any atom is 0.296 e. The number of unbranched alkanes of at least 4 members (excludes halogenated alkanes) is 2. The van der Waals surface area contributed by atoms with E-state index in [2.05, 4.69) is 44.2 Å². The third-order valence-electron chi connectivity index (χ3n) is 10.9. The minimum atomic E-state index is -3.73. The van der Waals surface area contributed by atoms with Crippen LogP contribution in [0.1, 0.15) is 87.0 Å². The van der Waals surface area contributed by atoms with Gasteiger partial charge in [0, 0.05) is 11.8 Å². The van der Waals surface area contributed by atoms with Crippen molar-refractivity contribution in [2.24, 2.45) is 29.1 Å². The molecular weight excluding hydrogens is 568 g/mol. The average Bonchev–Trinajstić information content (AvgIpc) is 3.25. The molecule has 6 atom stereocenters. The number of carbonyl (C=O) groups excluding carboxylic acids is 1. The zero-order chi connectivity index (χ0) is 30.9. The summed E-state index contributed by atoms with van der Waals surface area (Å²) in [6.07, 6.45) is 7.48. The second-order valence-corrected chi connectivity index (χ2v) is 15.4. The fourth-order valence-corrected chi connectivity index (χ4v) is 9.69. The molecule has 6 rings (SSSR count). The van der Waals surface area contributed by atoms with Crippen molar-refractivity contribution in [1.82, 2.24) is 0 Å². The molecular formula is C38H46O5S. The Kier molecular flexibility index (Phi) is 9.03. The fourth-order valence-electron chi connectivity index (χ4n) is 8.75. The highest BCUT2D eigenvalue weighted by molar-refractivity contribution is 7.86. The van der Waals surface area contributed by atoms with Crippen LogP contribution in [0.25, 0.3) is 0 Å². The van der Waals surface area contributed by atoms with Crippen LogP contribution in [-0.2, 0) is 32.1 Å². The largest absolute Gasteiger partial charge is 0.489 e. The second kappa shape index (κ2) is 12.8. The molecule has 3 aromatic rings. The topological polar surface area (TPSA) is 69.7 Å². The van der Waals surface area contributed by atoms with E-state index in [9.17, 15) is 13.2 Å². The Labute approximate surface area is 263 Å². The lowest BCUT2D eigenvalue weighted by Crippen LogP contribution is -2.47. The lowest BCUT2D eigenvalue weighted by molar-refractivity contribution is -0.130. The van der Waals surface area contributed by atoms with Crippen molar-refractivity contribution in [3.63, 3.8) is 0 Å². The first-order valence-corrected chi connectivity index (χ1v) is 17.9. The Morgan fingerprint density at radius 2 is 1.70 bits per heavy atom. The van der Waals surface area contributed by atoms with Crippen molar-refractivity contribution in [3.05, 3.63) is 95.1 Å². The minimum Gasteiger partial charge on any atom is -0.489 e. The van der Waals surface area contributed by atoms with Gasteiger partial charge in [-0.2, -0.15) is 8.42 Å². The van der Waals surface area contributed by atoms with Crippen LogP contribution in [-0.4, -0.2) is 20.8 Å². The normalized spacial score (nSPS) is 27.8. The van der Waals surface area contributed by atoms with E-state index in [4.69, 9.17) is 8.92 Å². The van der Waals surface area contributed by atoms with E-state index < -0.39 is 10.1 Å². The highest BCUT2D eigenvalue weighted by Gasteiger charge is 2.59. The number of aryl methyl sites for hydroxylation is 1. The Balaban J connectivity index is 1.13. The number of Topliss-reactive ketones (excluding diaryl/α,β-unsaturated/α-hetero) is 1. The zero-order valence-electron chi connectivity index (χ0n) is 26.3. The summed E-state index contributed by atoms with van der Waals surface area (Å²) in [5.41, 5.74) is 4.83. The monoisotopic (exact) mass is 614 g/mol. The number of fused-ring (bicyclic) bond motifs is 5. The van der Waals surface area contributed by atoms with Gasteiger partial charge in [0.1, 0.15) is 18.1 Å². The number of ether oxygens (including phenoxy) is 1. The first-order chi connectivity index (χ1) is 21.2. The molecule has 0 N–H and O–H groups in total. The Morgan fingerprint density at radius 1 is 0.932 bits per heavy atom. The van der Waals surface area contributed by atoms with Crippen molar-refractivity contribution < 1.29 is 22.1 Å². The van der Waals surface area contributed by atoms with E-state index in [0.717, 1.165) is 55.4 Å². The van der Waals surface area contributed by atoms with Crippen LogP contribution in [0.4, 0.5) is 0 Å². The van der Waals surface area contributed by atoms with E-state index >= 15 is 0 Å². The van der Waals surface area contributed by atoms with Crippen LogP contribution in [0.3, 0.4) is 0 Å². The van der Waals surface area contributed by atoms with Crippen LogP contribution in [0, 0.1) is 36.0 Å². The van der Waals surface area contributed by atoms with Gasteiger partial charge in [-0.05, 0) is 110 Å². The molecule has 0 radical (unpaired) electrons. The SMILES string of the molecule is Cc1ccc(S(=O)(=O)OCCCCC[C@@H]2Cc3cc(OCc4ccccc4)ccc3[C@H]3CC[C@]4(C)C(=O)C[C@@H](C)[C@H]4[C@H]23)cc1. The molecule has 3 aromatic carbocycles. The van der Waals surface area contributed by atoms with Gasteiger partial charge in [0.25, 0.3) is 10.1 Å². The summed E-state index contributed by atoms with van der Waals surface area (Å²) in [6, 6.07) is 23.8. The number of hydrogen-bond acceptors (Lipinski definition) is 5. The molecule has 3 aliphatic carbocycles. The van der Waals surface area contributed by atoms with Gasteiger partial charge in [0.05, 0.1) is 11.5 Å². The summed E-state index contributed by atoms with van der Waals surface area (Å²) < 4.78 is 36.8. The van der Waals surface area contributed by atoms with Gasteiger partial charge in [0.15, 0.2) is 0 Å². The van der Waals surface area contributed by atoms with E-state index in [1.807, 2.05) is 25.1 Å².